The van der Waals surface area contributed by atoms with Crippen LogP contribution in [0.4, 0.5) is 15.2 Å². The van der Waals surface area contributed by atoms with Gasteiger partial charge in [-0.2, -0.15) is 0 Å². The number of halogens is 1. The van der Waals surface area contributed by atoms with Crippen molar-refractivity contribution in [2.24, 2.45) is 0 Å². The SMILES string of the molecule is O=C(CSc1nnc(NS(=O)(=O)c2c[nH]c(=O)[nH]c2=O)s1)Nc1ccc(F)cc1. The molecule has 0 radical (unpaired) electrons. The number of sulfonamides is 1. The minimum absolute atomic E-state index is 0.0433. The number of hydrogen-bond acceptors (Lipinski definition) is 9. The average Bonchev–Trinajstić information content (AvgIpc) is 3.08. The Kier molecular flexibility index (Phi) is 6.09. The van der Waals surface area contributed by atoms with Gasteiger partial charge >= 0.3 is 5.69 Å². The fourth-order valence-electron chi connectivity index (χ4n) is 1.93. The highest BCUT2D eigenvalue weighted by Gasteiger charge is 2.21. The number of amides is 1. The zero-order valence-corrected chi connectivity index (χ0v) is 16.6. The third-order valence-electron chi connectivity index (χ3n) is 3.16. The predicted molar refractivity (Wildman–Crippen MR) is 104 cm³/mol. The van der Waals surface area contributed by atoms with Crippen LogP contribution in [0, 0.1) is 5.82 Å². The van der Waals surface area contributed by atoms with Crippen LogP contribution < -0.4 is 21.3 Å². The van der Waals surface area contributed by atoms with Gasteiger partial charge in [0.1, 0.15) is 5.82 Å². The summed E-state index contributed by atoms with van der Waals surface area (Å²) in [4.78, 5) is 37.7. The van der Waals surface area contributed by atoms with Crippen LogP contribution in [0.5, 0.6) is 0 Å². The summed E-state index contributed by atoms with van der Waals surface area (Å²) in [6.45, 7) is 0. The summed E-state index contributed by atoms with van der Waals surface area (Å²) in [5, 5.41) is 9.84. The molecule has 0 saturated heterocycles. The van der Waals surface area contributed by atoms with Gasteiger partial charge in [-0.25, -0.2) is 17.6 Å². The van der Waals surface area contributed by atoms with E-state index in [1.165, 1.54) is 24.3 Å². The Labute approximate surface area is 169 Å². The van der Waals surface area contributed by atoms with E-state index in [0.29, 0.717) is 10.0 Å². The van der Waals surface area contributed by atoms with Crippen LogP contribution >= 0.6 is 23.1 Å². The molecule has 0 saturated carbocycles. The Morgan fingerprint density at radius 3 is 2.62 bits per heavy atom. The zero-order chi connectivity index (χ0) is 21.0. The lowest BCUT2D eigenvalue weighted by atomic mass is 10.3. The highest BCUT2D eigenvalue weighted by molar-refractivity contribution is 8.01. The topological polar surface area (TPSA) is 167 Å². The van der Waals surface area contributed by atoms with Crippen molar-refractivity contribution in [1.29, 1.82) is 0 Å². The number of aromatic nitrogens is 4. The van der Waals surface area contributed by atoms with E-state index in [4.69, 9.17) is 0 Å². The van der Waals surface area contributed by atoms with Crippen molar-refractivity contribution in [1.82, 2.24) is 20.2 Å². The number of rotatable bonds is 7. The number of carbonyl (C=O) groups excluding carboxylic acids is 1. The van der Waals surface area contributed by atoms with Crippen molar-refractivity contribution in [3.8, 4) is 0 Å². The minimum Gasteiger partial charge on any atom is -0.325 e. The van der Waals surface area contributed by atoms with E-state index in [1.54, 1.807) is 4.98 Å². The molecule has 152 valence electrons. The number of thioether (sulfide) groups is 1. The molecule has 0 atom stereocenters. The maximum atomic E-state index is 12.8. The van der Waals surface area contributed by atoms with Gasteiger partial charge in [-0.3, -0.25) is 19.3 Å². The molecule has 1 aromatic carbocycles. The van der Waals surface area contributed by atoms with Gasteiger partial charge < -0.3 is 10.3 Å². The number of nitrogens with zero attached hydrogens (tertiary/aromatic N) is 2. The maximum Gasteiger partial charge on any atom is 0.325 e. The van der Waals surface area contributed by atoms with Crippen LogP contribution in [0.25, 0.3) is 0 Å². The number of carbonyl (C=O) groups is 1. The van der Waals surface area contributed by atoms with E-state index in [-0.39, 0.29) is 16.8 Å². The van der Waals surface area contributed by atoms with Crippen molar-refractivity contribution < 1.29 is 17.6 Å². The number of benzene rings is 1. The van der Waals surface area contributed by atoms with Crippen LogP contribution in [-0.4, -0.2) is 40.2 Å². The van der Waals surface area contributed by atoms with Gasteiger partial charge in [-0.15, -0.1) is 10.2 Å². The minimum atomic E-state index is -4.30. The van der Waals surface area contributed by atoms with Crippen LogP contribution in [0.2, 0.25) is 0 Å². The maximum absolute atomic E-state index is 12.8. The molecule has 0 aliphatic rings. The molecule has 0 bridgehead atoms. The highest BCUT2D eigenvalue weighted by atomic mass is 32.2. The Hall–Kier alpha value is -3.04. The molecular weight excluding hydrogens is 447 g/mol. The molecule has 2 aromatic heterocycles. The molecule has 4 N–H and O–H groups in total. The molecule has 3 aromatic rings. The smallest absolute Gasteiger partial charge is 0.325 e. The first-order valence-corrected chi connectivity index (χ1v) is 10.9. The second kappa shape index (κ2) is 8.54. The second-order valence-corrected chi connectivity index (χ2v) is 9.11. The highest BCUT2D eigenvalue weighted by Crippen LogP contribution is 2.26. The first-order chi connectivity index (χ1) is 13.7. The fraction of sp³-hybridized carbons (Fsp3) is 0.0714. The molecule has 1 amide bonds. The fourth-order valence-corrected chi connectivity index (χ4v) is 4.72. The molecule has 11 nitrogen and oxygen atoms in total. The lowest BCUT2D eigenvalue weighted by Gasteiger charge is -2.03. The summed E-state index contributed by atoms with van der Waals surface area (Å²) in [5.74, 6) is -0.845. The van der Waals surface area contributed by atoms with Crippen molar-refractivity contribution in [2.75, 3.05) is 15.8 Å². The van der Waals surface area contributed by atoms with Gasteiger partial charge in [0.2, 0.25) is 11.0 Å². The summed E-state index contributed by atoms with van der Waals surface area (Å²) >= 11 is 1.86. The van der Waals surface area contributed by atoms with Crippen LogP contribution in [-0.2, 0) is 14.8 Å². The Morgan fingerprint density at radius 2 is 1.93 bits per heavy atom. The first-order valence-electron chi connectivity index (χ1n) is 7.59. The van der Waals surface area contributed by atoms with E-state index in [0.717, 1.165) is 29.3 Å². The van der Waals surface area contributed by atoms with Crippen molar-refractivity contribution in [2.45, 2.75) is 9.24 Å². The van der Waals surface area contributed by atoms with E-state index >= 15 is 0 Å². The number of nitrogens with one attached hydrogen (secondary N) is 4. The largest absolute Gasteiger partial charge is 0.325 e. The molecule has 0 fully saturated rings. The van der Waals surface area contributed by atoms with Gasteiger partial charge in [0.15, 0.2) is 9.24 Å². The number of hydrogen-bond donors (Lipinski definition) is 4. The Balaban J connectivity index is 1.60. The molecule has 2 heterocycles. The van der Waals surface area contributed by atoms with E-state index in [2.05, 4.69) is 25.2 Å². The van der Waals surface area contributed by atoms with Gasteiger partial charge in [-0.05, 0) is 24.3 Å². The van der Waals surface area contributed by atoms with Gasteiger partial charge in [0, 0.05) is 11.9 Å². The van der Waals surface area contributed by atoms with Crippen molar-refractivity contribution in [3.63, 3.8) is 0 Å². The van der Waals surface area contributed by atoms with Crippen LogP contribution in [0.3, 0.4) is 0 Å². The number of anilines is 2. The van der Waals surface area contributed by atoms with Gasteiger partial charge in [0.05, 0.1) is 5.75 Å². The quantitative estimate of drug-likeness (QED) is 0.373. The van der Waals surface area contributed by atoms with Gasteiger partial charge in [0.25, 0.3) is 15.6 Å². The normalized spacial score (nSPS) is 11.2. The van der Waals surface area contributed by atoms with Crippen molar-refractivity contribution in [3.05, 3.63) is 57.1 Å². The number of aromatic amines is 2. The molecule has 0 aliphatic carbocycles. The Morgan fingerprint density at radius 1 is 1.21 bits per heavy atom. The molecule has 3 rings (SSSR count). The number of H-pyrrole nitrogens is 2. The summed E-state index contributed by atoms with van der Waals surface area (Å²) in [5.41, 5.74) is -1.51. The second-order valence-electron chi connectivity index (χ2n) is 5.26. The van der Waals surface area contributed by atoms with E-state index in [9.17, 15) is 27.2 Å². The predicted octanol–water partition coefficient (Wildman–Crippen LogP) is 0.585. The Bertz CT molecular complexity index is 1250. The van der Waals surface area contributed by atoms with Crippen molar-refractivity contribution >= 4 is 49.8 Å². The summed E-state index contributed by atoms with van der Waals surface area (Å²) in [6, 6.07) is 5.24. The van der Waals surface area contributed by atoms with Gasteiger partial charge in [-0.1, -0.05) is 23.1 Å². The lowest BCUT2D eigenvalue weighted by Crippen LogP contribution is -2.29. The molecular formula is C14H11FN6O5S3. The van der Waals surface area contributed by atoms with E-state index in [1.807, 2.05) is 0 Å². The summed E-state index contributed by atoms with van der Waals surface area (Å²) in [6.07, 6.45) is 0.764. The average molecular weight is 458 g/mol. The lowest BCUT2D eigenvalue weighted by molar-refractivity contribution is -0.113. The van der Waals surface area contributed by atoms with Crippen LogP contribution in [0.1, 0.15) is 0 Å². The first kappa shape index (κ1) is 20.7. The molecule has 0 unspecified atom stereocenters. The van der Waals surface area contributed by atoms with E-state index < -0.39 is 32.0 Å². The third-order valence-corrected chi connectivity index (χ3v) is 6.60. The zero-order valence-electron chi connectivity index (χ0n) is 14.1. The molecule has 0 aliphatic heterocycles. The summed E-state index contributed by atoms with van der Waals surface area (Å²) in [7, 11) is -4.30. The molecule has 15 heteroatoms. The third kappa shape index (κ3) is 5.49. The summed E-state index contributed by atoms with van der Waals surface area (Å²) < 4.78 is 39.7. The molecule has 0 spiro atoms. The monoisotopic (exact) mass is 458 g/mol. The van der Waals surface area contributed by atoms with Crippen LogP contribution in [0.15, 0.2) is 49.3 Å². The standard InChI is InChI=1S/C14H11FN6O5S3/c15-7-1-3-8(4-2-7)17-10(22)6-27-14-20-19-13(28-14)21-29(25,26)9-5-16-12(24)18-11(9)23/h1-5H,6H2,(H,17,22)(H,19,21)(H2,16,18,23,24). The molecule has 29 heavy (non-hydrogen) atoms.